The Kier molecular flexibility index (Phi) is 2.62. The molecule has 0 amide bonds. The summed E-state index contributed by atoms with van der Waals surface area (Å²) in [6.45, 7) is 4.28. The minimum atomic E-state index is 0.317. The van der Waals surface area contributed by atoms with E-state index in [1.165, 1.54) is 0 Å². The van der Waals surface area contributed by atoms with E-state index in [4.69, 9.17) is 0 Å². The Morgan fingerprint density at radius 1 is 1.67 bits per heavy atom. The lowest BCUT2D eigenvalue weighted by Crippen LogP contribution is -2.09. The fourth-order valence-electron chi connectivity index (χ4n) is 0. The molecule has 1 atom stereocenters. The molecule has 0 fully saturated rings. The van der Waals surface area contributed by atoms with Gasteiger partial charge in [0.05, 0.1) is 0 Å². The van der Waals surface area contributed by atoms with Crippen molar-refractivity contribution in [1.82, 2.24) is 0 Å². The van der Waals surface area contributed by atoms with Crippen LogP contribution >= 0.6 is 25.2 Å². The van der Waals surface area contributed by atoms with Crippen LogP contribution < -0.4 is 0 Å². The Morgan fingerprint density at radius 2 is 1.83 bits per heavy atom. The van der Waals surface area contributed by atoms with Gasteiger partial charge in [-0.05, 0) is 20.0 Å². The topological polar surface area (TPSA) is 0 Å². The van der Waals surface area contributed by atoms with Gasteiger partial charge in [-0.2, -0.15) is 0 Å². The summed E-state index contributed by atoms with van der Waals surface area (Å²) in [7, 11) is 2.68. The van der Waals surface area contributed by atoms with E-state index in [1.54, 1.807) is 0 Å². The molecule has 0 spiro atoms. The zero-order chi connectivity index (χ0) is 5.21. The van der Waals surface area contributed by atoms with Gasteiger partial charge < -0.3 is 0 Å². The summed E-state index contributed by atoms with van der Waals surface area (Å²) in [5.74, 6) is 0. The van der Waals surface area contributed by atoms with Crippen molar-refractivity contribution in [2.24, 2.45) is 0 Å². The highest BCUT2D eigenvalue weighted by Gasteiger charge is 2.06. The summed E-state index contributed by atoms with van der Waals surface area (Å²) >= 11 is 3.46. The highest BCUT2D eigenvalue weighted by molar-refractivity contribution is 9.10. The highest BCUT2D eigenvalue weighted by Crippen LogP contribution is 2.17. The fraction of sp³-hybridized carbons (Fsp3) is 1.00. The molecule has 0 bridgehead atoms. The number of hydrogen-bond acceptors (Lipinski definition) is 0. The quantitative estimate of drug-likeness (QED) is 0.416. The molecule has 0 aliphatic heterocycles. The molecule has 0 aliphatic rings. The molecular weight excluding hydrogens is 159 g/mol. The van der Waals surface area contributed by atoms with Crippen LogP contribution in [0.4, 0.5) is 0 Å². The first-order valence-corrected chi connectivity index (χ1v) is 3.56. The van der Waals surface area contributed by atoms with Crippen LogP contribution in [0.2, 0.25) is 0 Å². The first-order chi connectivity index (χ1) is 2.56. The van der Waals surface area contributed by atoms with Crippen molar-refractivity contribution in [1.29, 1.82) is 0 Å². The van der Waals surface area contributed by atoms with Gasteiger partial charge in [0.2, 0.25) is 0 Å². The highest BCUT2D eigenvalue weighted by atomic mass is 79.9. The summed E-state index contributed by atoms with van der Waals surface area (Å²) in [6.07, 6.45) is 1.10. The Morgan fingerprint density at radius 3 is 1.83 bits per heavy atom. The molecule has 38 valence electrons. The molecule has 0 N–H and O–H groups in total. The lowest BCUT2D eigenvalue weighted by atomic mass is 10.3. The van der Waals surface area contributed by atoms with Gasteiger partial charge in [0, 0.05) is 4.32 Å². The molecule has 0 aromatic carbocycles. The van der Waals surface area contributed by atoms with E-state index < -0.39 is 0 Å². The molecule has 0 aromatic heterocycles. The van der Waals surface area contributed by atoms with Crippen LogP contribution in [-0.2, 0) is 0 Å². The molecule has 0 heterocycles. The average molecular weight is 169 g/mol. The molecular formula is C4H10BrP. The van der Waals surface area contributed by atoms with Crippen molar-refractivity contribution in [3.63, 3.8) is 0 Å². The average Bonchev–Trinajstić information content (AvgIpc) is 1.35. The molecule has 0 rings (SSSR count). The normalized spacial score (nSPS) is 12.0. The van der Waals surface area contributed by atoms with Gasteiger partial charge in [0.25, 0.3) is 0 Å². The Balaban J connectivity index is 3.17. The van der Waals surface area contributed by atoms with Crippen molar-refractivity contribution in [3.05, 3.63) is 0 Å². The van der Waals surface area contributed by atoms with Gasteiger partial charge in [0.15, 0.2) is 0 Å². The standard InChI is InChI=1S/C4H10BrP/c1-4(2,5)3-6/h3,6H2,1-2H3. The molecule has 0 radical (unpaired) electrons. The molecule has 0 aliphatic carbocycles. The largest absolute Gasteiger partial charge is 0.136 e. The first kappa shape index (κ1) is 6.91. The number of hydrogen-bond donors (Lipinski definition) is 0. The van der Waals surface area contributed by atoms with Gasteiger partial charge in [-0.1, -0.05) is 15.9 Å². The summed E-state index contributed by atoms with van der Waals surface area (Å²) in [5, 5.41) is 0. The van der Waals surface area contributed by atoms with E-state index >= 15 is 0 Å². The number of rotatable bonds is 1. The Hall–Kier alpha value is 0.910. The molecule has 6 heavy (non-hydrogen) atoms. The van der Waals surface area contributed by atoms with Crippen molar-refractivity contribution in [2.75, 3.05) is 6.16 Å². The lowest BCUT2D eigenvalue weighted by Gasteiger charge is -2.09. The summed E-state index contributed by atoms with van der Waals surface area (Å²) in [6, 6.07) is 0. The van der Waals surface area contributed by atoms with E-state index in [2.05, 4.69) is 39.0 Å². The van der Waals surface area contributed by atoms with Crippen molar-refractivity contribution < 1.29 is 0 Å². The molecule has 0 aromatic rings. The zero-order valence-corrected chi connectivity index (χ0v) is 6.90. The minimum absolute atomic E-state index is 0.317. The van der Waals surface area contributed by atoms with Crippen molar-refractivity contribution in [3.8, 4) is 0 Å². The summed E-state index contributed by atoms with van der Waals surface area (Å²) < 4.78 is 0.317. The van der Waals surface area contributed by atoms with Gasteiger partial charge in [-0.25, -0.2) is 0 Å². The predicted molar refractivity (Wildman–Crippen MR) is 37.6 cm³/mol. The second-order valence-corrected chi connectivity index (χ2v) is 4.48. The van der Waals surface area contributed by atoms with Crippen molar-refractivity contribution in [2.45, 2.75) is 18.2 Å². The molecule has 0 saturated heterocycles. The second kappa shape index (κ2) is 2.28. The molecule has 0 nitrogen and oxygen atoms in total. The van der Waals surface area contributed by atoms with Crippen LogP contribution in [0.15, 0.2) is 0 Å². The first-order valence-electron chi connectivity index (χ1n) is 1.95. The second-order valence-electron chi connectivity index (χ2n) is 1.92. The van der Waals surface area contributed by atoms with Crippen LogP contribution in [0.5, 0.6) is 0 Å². The third-order valence-electron chi connectivity index (χ3n) is 0.485. The third kappa shape index (κ3) is 4.91. The Labute approximate surface area is 50.0 Å². The third-order valence-corrected chi connectivity index (χ3v) is 2.43. The maximum Gasteiger partial charge on any atom is 0.0236 e. The van der Waals surface area contributed by atoms with Crippen LogP contribution in [0.3, 0.4) is 0 Å². The molecule has 1 unspecified atom stereocenters. The molecule has 0 saturated carbocycles. The zero-order valence-electron chi connectivity index (χ0n) is 4.16. The Bertz CT molecular complexity index is 37.3. The number of halogens is 1. The summed E-state index contributed by atoms with van der Waals surface area (Å²) in [4.78, 5) is 0. The van der Waals surface area contributed by atoms with Gasteiger partial charge in [0.1, 0.15) is 0 Å². The molecule has 2 heteroatoms. The summed E-state index contributed by atoms with van der Waals surface area (Å²) in [5.41, 5.74) is 0. The van der Waals surface area contributed by atoms with Crippen LogP contribution in [0, 0.1) is 0 Å². The smallest absolute Gasteiger partial charge is 0.0236 e. The predicted octanol–water partition coefficient (Wildman–Crippen LogP) is 2.04. The van der Waals surface area contributed by atoms with Crippen molar-refractivity contribution >= 4 is 25.2 Å². The van der Waals surface area contributed by atoms with E-state index in [9.17, 15) is 0 Å². The lowest BCUT2D eigenvalue weighted by molar-refractivity contribution is 0.838. The monoisotopic (exact) mass is 168 g/mol. The number of alkyl halides is 1. The van der Waals surface area contributed by atoms with Gasteiger partial charge >= 0.3 is 0 Å². The maximum atomic E-state index is 3.46. The van der Waals surface area contributed by atoms with E-state index in [0.29, 0.717) is 4.32 Å². The van der Waals surface area contributed by atoms with E-state index in [1.807, 2.05) is 0 Å². The SMILES string of the molecule is CC(C)(Br)CP. The minimum Gasteiger partial charge on any atom is -0.136 e. The van der Waals surface area contributed by atoms with Crippen LogP contribution in [0.1, 0.15) is 13.8 Å². The van der Waals surface area contributed by atoms with E-state index in [0.717, 1.165) is 6.16 Å². The van der Waals surface area contributed by atoms with E-state index in [-0.39, 0.29) is 0 Å². The van der Waals surface area contributed by atoms with Gasteiger partial charge in [-0.3, -0.25) is 0 Å². The fourth-order valence-corrected chi connectivity index (χ4v) is 0. The van der Waals surface area contributed by atoms with Crippen LogP contribution in [-0.4, -0.2) is 10.5 Å². The van der Waals surface area contributed by atoms with Crippen LogP contribution in [0.25, 0.3) is 0 Å². The van der Waals surface area contributed by atoms with Gasteiger partial charge in [-0.15, -0.1) is 9.24 Å². The maximum absolute atomic E-state index is 3.46.